The van der Waals surface area contributed by atoms with Gasteiger partial charge in [-0.15, -0.1) is 0 Å². The van der Waals surface area contributed by atoms with Crippen LogP contribution in [0.25, 0.3) is 6.08 Å². The van der Waals surface area contributed by atoms with Crippen LogP contribution >= 0.6 is 11.6 Å². The molecule has 0 bridgehead atoms. The number of carbonyl (C=O) groups excluding carboxylic acids is 1. The third-order valence-corrected chi connectivity index (χ3v) is 2.10. The van der Waals surface area contributed by atoms with Gasteiger partial charge in [0.2, 0.25) is 0 Å². The largest absolute Gasteiger partial charge is 0.466 e. The van der Waals surface area contributed by atoms with Crippen molar-refractivity contribution in [1.29, 1.82) is 0 Å². The number of hydrogen-bond acceptors (Lipinski definition) is 4. The number of halogens is 1. The summed E-state index contributed by atoms with van der Waals surface area (Å²) in [5.74, 6) is -0.530. The van der Waals surface area contributed by atoms with Gasteiger partial charge in [0.25, 0.3) is 5.69 Å². The fraction of sp³-hybridized carbons (Fsp3) is 0.100. The molecule has 0 heterocycles. The van der Waals surface area contributed by atoms with E-state index in [4.69, 9.17) is 11.6 Å². The first-order valence-corrected chi connectivity index (χ1v) is 4.62. The lowest BCUT2D eigenvalue weighted by atomic mass is 10.2. The maximum Gasteiger partial charge on any atom is 0.330 e. The molecule has 0 aliphatic rings. The van der Waals surface area contributed by atoms with Gasteiger partial charge < -0.3 is 4.74 Å². The molecule has 0 amide bonds. The molecule has 0 radical (unpaired) electrons. The standard InChI is InChI=1S/C10H8ClNO4/c1-16-10(13)5-3-7-2-4-8(11)9(6-7)12(14)15/h2-6H,1H3/b5-3-. The number of rotatable bonds is 3. The predicted molar refractivity (Wildman–Crippen MR) is 59.2 cm³/mol. The molecule has 0 unspecified atom stereocenters. The quantitative estimate of drug-likeness (QED) is 0.353. The summed E-state index contributed by atoms with van der Waals surface area (Å²) < 4.78 is 4.39. The van der Waals surface area contributed by atoms with Gasteiger partial charge in [0, 0.05) is 12.1 Å². The Balaban J connectivity index is 2.99. The first kappa shape index (κ1) is 12.2. The summed E-state index contributed by atoms with van der Waals surface area (Å²) in [5, 5.41) is 10.6. The van der Waals surface area contributed by atoms with E-state index in [-0.39, 0.29) is 10.7 Å². The molecule has 0 fully saturated rings. The van der Waals surface area contributed by atoms with Gasteiger partial charge in [-0.2, -0.15) is 0 Å². The fourth-order valence-electron chi connectivity index (χ4n) is 1.01. The normalized spacial score (nSPS) is 10.4. The first-order valence-electron chi connectivity index (χ1n) is 4.24. The number of hydrogen-bond donors (Lipinski definition) is 0. The third-order valence-electron chi connectivity index (χ3n) is 1.78. The van der Waals surface area contributed by atoms with E-state index in [0.717, 1.165) is 0 Å². The van der Waals surface area contributed by atoms with E-state index >= 15 is 0 Å². The van der Waals surface area contributed by atoms with Gasteiger partial charge in [-0.3, -0.25) is 10.1 Å². The molecule has 0 spiro atoms. The van der Waals surface area contributed by atoms with Crippen LogP contribution in [0.15, 0.2) is 24.3 Å². The van der Waals surface area contributed by atoms with Crippen LogP contribution in [-0.4, -0.2) is 18.0 Å². The lowest BCUT2D eigenvalue weighted by Crippen LogP contribution is -1.93. The Hall–Kier alpha value is -1.88. The Morgan fingerprint density at radius 1 is 1.56 bits per heavy atom. The summed E-state index contributed by atoms with van der Waals surface area (Å²) in [6, 6.07) is 4.24. The van der Waals surface area contributed by atoms with Crippen LogP contribution in [0.1, 0.15) is 5.56 Å². The van der Waals surface area contributed by atoms with E-state index in [2.05, 4.69) is 4.74 Å². The zero-order valence-corrected chi connectivity index (χ0v) is 9.10. The highest BCUT2D eigenvalue weighted by Crippen LogP contribution is 2.25. The zero-order valence-electron chi connectivity index (χ0n) is 8.34. The molecule has 0 saturated heterocycles. The number of benzene rings is 1. The van der Waals surface area contributed by atoms with Crippen LogP contribution in [0.4, 0.5) is 5.69 Å². The van der Waals surface area contributed by atoms with Crippen LogP contribution < -0.4 is 0 Å². The highest BCUT2D eigenvalue weighted by Gasteiger charge is 2.11. The lowest BCUT2D eigenvalue weighted by molar-refractivity contribution is -0.384. The molecule has 0 aromatic heterocycles. The van der Waals surface area contributed by atoms with Crippen LogP contribution in [0.5, 0.6) is 0 Å². The second-order valence-electron chi connectivity index (χ2n) is 2.82. The number of methoxy groups -OCH3 is 1. The van der Waals surface area contributed by atoms with Crippen LogP contribution in [0, 0.1) is 10.1 Å². The number of nitro groups is 1. The van der Waals surface area contributed by atoms with Crippen LogP contribution in [-0.2, 0) is 9.53 Å². The van der Waals surface area contributed by atoms with Crippen molar-refractivity contribution in [2.75, 3.05) is 7.11 Å². The monoisotopic (exact) mass is 241 g/mol. The average Bonchev–Trinajstić information content (AvgIpc) is 2.27. The van der Waals surface area contributed by atoms with Gasteiger partial charge >= 0.3 is 5.97 Å². The Kier molecular flexibility index (Phi) is 4.02. The SMILES string of the molecule is COC(=O)/C=C\c1ccc(Cl)c([N+](=O)[O-])c1. The van der Waals surface area contributed by atoms with Gasteiger partial charge in [-0.25, -0.2) is 4.79 Å². The Morgan fingerprint density at radius 3 is 2.81 bits per heavy atom. The average molecular weight is 242 g/mol. The van der Waals surface area contributed by atoms with Crippen LogP contribution in [0.2, 0.25) is 5.02 Å². The summed E-state index contributed by atoms with van der Waals surface area (Å²) in [6.45, 7) is 0. The van der Waals surface area contributed by atoms with Crippen molar-refractivity contribution in [2.24, 2.45) is 0 Å². The summed E-state index contributed by atoms with van der Waals surface area (Å²) >= 11 is 5.62. The molecule has 1 aromatic carbocycles. The molecule has 84 valence electrons. The molecule has 1 aromatic rings. The topological polar surface area (TPSA) is 69.4 Å². The van der Waals surface area contributed by atoms with E-state index < -0.39 is 10.9 Å². The fourth-order valence-corrected chi connectivity index (χ4v) is 1.19. The number of nitrogens with zero attached hydrogens (tertiary/aromatic N) is 1. The van der Waals surface area contributed by atoms with E-state index in [1.165, 1.54) is 31.4 Å². The van der Waals surface area contributed by atoms with Crippen molar-refractivity contribution in [2.45, 2.75) is 0 Å². The molecule has 0 atom stereocenters. The lowest BCUT2D eigenvalue weighted by Gasteiger charge is -1.97. The molecule has 5 nitrogen and oxygen atoms in total. The summed E-state index contributed by atoms with van der Waals surface area (Å²) in [5.41, 5.74) is 0.301. The number of nitro benzene ring substituents is 1. The second-order valence-corrected chi connectivity index (χ2v) is 3.23. The van der Waals surface area contributed by atoms with Crippen molar-refractivity contribution < 1.29 is 14.5 Å². The molecular formula is C10H8ClNO4. The Morgan fingerprint density at radius 2 is 2.25 bits per heavy atom. The minimum absolute atomic E-state index is 0.0558. The highest BCUT2D eigenvalue weighted by molar-refractivity contribution is 6.32. The van der Waals surface area contributed by atoms with Crippen molar-refractivity contribution in [3.8, 4) is 0 Å². The zero-order chi connectivity index (χ0) is 12.1. The molecule has 6 heteroatoms. The van der Waals surface area contributed by atoms with Gasteiger partial charge in [-0.05, 0) is 17.7 Å². The number of carbonyl (C=O) groups is 1. The molecular weight excluding hydrogens is 234 g/mol. The third kappa shape index (κ3) is 3.06. The van der Waals surface area contributed by atoms with E-state index in [1.54, 1.807) is 6.07 Å². The molecule has 0 aliphatic carbocycles. The Labute approximate surface area is 96.4 Å². The summed E-state index contributed by atoms with van der Waals surface area (Å²) in [7, 11) is 1.25. The van der Waals surface area contributed by atoms with E-state index in [0.29, 0.717) is 5.56 Å². The molecule has 0 aliphatic heterocycles. The van der Waals surface area contributed by atoms with Crippen molar-refractivity contribution in [3.63, 3.8) is 0 Å². The van der Waals surface area contributed by atoms with Crippen LogP contribution in [0.3, 0.4) is 0 Å². The Bertz CT molecular complexity index is 456. The van der Waals surface area contributed by atoms with Gasteiger partial charge in [0.1, 0.15) is 5.02 Å². The molecule has 0 N–H and O–H groups in total. The maximum atomic E-state index is 10.8. The van der Waals surface area contributed by atoms with Gasteiger partial charge in [0.15, 0.2) is 0 Å². The smallest absolute Gasteiger partial charge is 0.330 e. The number of ether oxygens (including phenoxy) is 1. The second kappa shape index (κ2) is 5.27. The van der Waals surface area contributed by atoms with Crippen molar-refractivity contribution in [1.82, 2.24) is 0 Å². The molecule has 16 heavy (non-hydrogen) atoms. The predicted octanol–water partition coefficient (Wildman–Crippen LogP) is 2.43. The number of esters is 1. The van der Waals surface area contributed by atoms with E-state index in [9.17, 15) is 14.9 Å². The first-order chi connectivity index (χ1) is 7.54. The summed E-state index contributed by atoms with van der Waals surface area (Å²) in [4.78, 5) is 20.8. The molecule has 1 rings (SSSR count). The van der Waals surface area contributed by atoms with Crippen molar-refractivity contribution >= 4 is 29.3 Å². The summed E-state index contributed by atoms with van der Waals surface area (Å²) in [6.07, 6.45) is 2.59. The highest BCUT2D eigenvalue weighted by atomic mass is 35.5. The van der Waals surface area contributed by atoms with Gasteiger partial charge in [-0.1, -0.05) is 17.7 Å². The maximum absolute atomic E-state index is 10.8. The van der Waals surface area contributed by atoms with Crippen molar-refractivity contribution in [3.05, 3.63) is 45.0 Å². The van der Waals surface area contributed by atoms with E-state index in [1.807, 2.05) is 0 Å². The van der Waals surface area contributed by atoms with Gasteiger partial charge in [0.05, 0.1) is 12.0 Å². The minimum atomic E-state index is -0.586. The molecule has 0 saturated carbocycles. The minimum Gasteiger partial charge on any atom is -0.466 e.